The number of nitrogens with two attached hydrogens (primary N) is 2. The van der Waals surface area contributed by atoms with Crippen LogP contribution in [0.15, 0.2) is 0 Å². The molecule has 15 heavy (non-hydrogen) atoms. The van der Waals surface area contributed by atoms with E-state index in [0.29, 0.717) is 19.0 Å². The standard InChI is InChI=1S/C5H10N10/c6-4-8-12-15(10-4)3-1-2-14-5(7)9-11-13-14/h1-3H2,(H2,6,10)(H2,7,9,13). The molecule has 0 saturated heterocycles. The molecule has 2 rings (SSSR count). The number of anilines is 2. The van der Waals surface area contributed by atoms with Gasteiger partial charge < -0.3 is 11.5 Å². The molecule has 0 atom stereocenters. The maximum absolute atomic E-state index is 5.48. The van der Waals surface area contributed by atoms with Crippen LogP contribution in [-0.4, -0.2) is 40.4 Å². The molecule has 0 radical (unpaired) electrons. The van der Waals surface area contributed by atoms with Gasteiger partial charge in [-0.1, -0.05) is 10.2 Å². The average Bonchev–Trinajstić information content (AvgIpc) is 2.77. The molecule has 0 spiro atoms. The summed E-state index contributed by atoms with van der Waals surface area (Å²) < 4.78 is 1.50. The second-order valence-electron chi connectivity index (χ2n) is 2.86. The van der Waals surface area contributed by atoms with E-state index in [1.807, 2.05) is 0 Å². The number of aryl methyl sites for hydroxylation is 2. The summed E-state index contributed by atoms with van der Waals surface area (Å²) in [6, 6.07) is 0. The molecule has 10 nitrogen and oxygen atoms in total. The van der Waals surface area contributed by atoms with Crippen LogP contribution in [0.2, 0.25) is 0 Å². The second kappa shape index (κ2) is 3.86. The van der Waals surface area contributed by atoms with Crippen LogP contribution in [0.25, 0.3) is 0 Å². The molecule has 4 N–H and O–H groups in total. The van der Waals surface area contributed by atoms with Crippen LogP contribution in [0.3, 0.4) is 0 Å². The Kier molecular flexibility index (Phi) is 2.39. The van der Waals surface area contributed by atoms with Gasteiger partial charge in [-0.25, -0.2) is 4.68 Å². The Balaban J connectivity index is 1.83. The molecule has 0 aliphatic heterocycles. The molecule has 10 heteroatoms. The molecule has 0 aromatic carbocycles. The summed E-state index contributed by atoms with van der Waals surface area (Å²) in [6.07, 6.45) is 0.741. The van der Waals surface area contributed by atoms with Gasteiger partial charge in [0.1, 0.15) is 0 Å². The van der Waals surface area contributed by atoms with Gasteiger partial charge in [0.25, 0.3) is 5.95 Å². The van der Waals surface area contributed by atoms with Crippen molar-refractivity contribution in [1.29, 1.82) is 0 Å². The van der Waals surface area contributed by atoms with Crippen molar-refractivity contribution in [3.05, 3.63) is 0 Å². The van der Waals surface area contributed by atoms with E-state index in [-0.39, 0.29) is 5.95 Å². The Morgan fingerprint density at radius 2 is 1.93 bits per heavy atom. The fourth-order valence-electron chi connectivity index (χ4n) is 1.08. The van der Waals surface area contributed by atoms with Crippen molar-refractivity contribution in [2.24, 2.45) is 0 Å². The zero-order valence-corrected chi connectivity index (χ0v) is 7.85. The molecule has 0 fully saturated rings. The zero-order chi connectivity index (χ0) is 10.7. The number of tetrazole rings is 2. The highest BCUT2D eigenvalue weighted by molar-refractivity contribution is 5.09. The third-order valence-electron chi connectivity index (χ3n) is 1.76. The number of hydrogen-bond donors (Lipinski definition) is 2. The molecular weight excluding hydrogens is 200 g/mol. The van der Waals surface area contributed by atoms with Crippen molar-refractivity contribution in [2.45, 2.75) is 19.5 Å². The van der Waals surface area contributed by atoms with Crippen molar-refractivity contribution >= 4 is 11.9 Å². The lowest BCUT2D eigenvalue weighted by Gasteiger charge is -1.99. The first-order valence-electron chi connectivity index (χ1n) is 4.30. The summed E-state index contributed by atoms with van der Waals surface area (Å²) in [5.41, 5.74) is 10.8. The van der Waals surface area contributed by atoms with E-state index in [0.717, 1.165) is 6.42 Å². The molecule has 0 aliphatic carbocycles. The van der Waals surface area contributed by atoms with Crippen molar-refractivity contribution in [3.8, 4) is 0 Å². The molecule has 2 heterocycles. The summed E-state index contributed by atoms with van der Waals surface area (Å²) in [4.78, 5) is 1.41. The highest BCUT2D eigenvalue weighted by Gasteiger charge is 2.02. The van der Waals surface area contributed by atoms with Crippen LogP contribution in [0.5, 0.6) is 0 Å². The van der Waals surface area contributed by atoms with Crippen molar-refractivity contribution in [2.75, 3.05) is 11.5 Å². The molecule has 2 aromatic heterocycles. The number of nitrogen functional groups attached to an aromatic ring is 2. The minimum Gasteiger partial charge on any atom is -0.367 e. The fraction of sp³-hybridized carbons (Fsp3) is 0.600. The van der Waals surface area contributed by atoms with E-state index < -0.39 is 0 Å². The number of rotatable bonds is 4. The van der Waals surface area contributed by atoms with Gasteiger partial charge in [0.2, 0.25) is 5.95 Å². The van der Waals surface area contributed by atoms with E-state index in [1.165, 1.54) is 9.48 Å². The first-order valence-corrected chi connectivity index (χ1v) is 4.30. The Morgan fingerprint density at radius 1 is 1.07 bits per heavy atom. The summed E-state index contributed by atoms with van der Waals surface area (Å²) in [7, 11) is 0. The monoisotopic (exact) mass is 210 g/mol. The summed E-state index contributed by atoms with van der Waals surface area (Å²) >= 11 is 0. The predicted molar refractivity (Wildman–Crippen MR) is 49.1 cm³/mol. The van der Waals surface area contributed by atoms with Crippen LogP contribution in [0.4, 0.5) is 11.9 Å². The molecule has 0 aliphatic rings. The van der Waals surface area contributed by atoms with E-state index in [1.54, 1.807) is 0 Å². The van der Waals surface area contributed by atoms with Crippen molar-refractivity contribution in [1.82, 2.24) is 40.4 Å². The number of hydrogen-bond acceptors (Lipinski definition) is 8. The first kappa shape index (κ1) is 9.30. The van der Waals surface area contributed by atoms with Crippen molar-refractivity contribution in [3.63, 3.8) is 0 Å². The Bertz CT molecular complexity index is 428. The van der Waals surface area contributed by atoms with E-state index in [2.05, 4.69) is 30.9 Å². The smallest absolute Gasteiger partial charge is 0.260 e. The minimum absolute atomic E-state index is 0.164. The average molecular weight is 210 g/mol. The van der Waals surface area contributed by atoms with Crippen LogP contribution in [0, 0.1) is 0 Å². The lowest BCUT2D eigenvalue weighted by Crippen LogP contribution is -2.10. The third kappa shape index (κ3) is 2.15. The van der Waals surface area contributed by atoms with Crippen LogP contribution in [0.1, 0.15) is 6.42 Å². The molecule has 0 saturated carbocycles. The van der Waals surface area contributed by atoms with E-state index >= 15 is 0 Å². The Morgan fingerprint density at radius 3 is 2.53 bits per heavy atom. The van der Waals surface area contributed by atoms with E-state index in [4.69, 9.17) is 11.5 Å². The van der Waals surface area contributed by atoms with E-state index in [9.17, 15) is 0 Å². The van der Waals surface area contributed by atoms with Crippen LogP contribution < -0.4 is 11.5 Å². The topological polar surface area (TPSA) is 139 Å². The Hall–Kier alpha value is -2.26. The highest BCUT2D eigenvalue weighted by atomic mass is 15.6. The Labute approximate surface area is 84.2 Å². The molecule has 2 aromatic rings. The predicted octanol–water partition coefficient (Wildman–Crippen LogP) is -2.09. The molecular formula is C5H10N10. The number of aromatic nitrogens is 8. The largest absolute Gasteiger partial charge is 0.367 e. The van der Waals surface area contributed by atoms with Crippen LogP contribution >= 0.6 is 0 Å². The van der Waals surface area contributed by atoms with Gasteiger partial charge in [-0.2, -0.15) is 4.80 Å². The maximum Gasteiger partial charge on any atom is 0.260 e. The molecule has 0 unspecified atom stereocenters. The maximum atomic E-state index is 5.48. The van der Waals surface area contributed by atoms with Gasteiger partial charge >= 0.3 is 0 Å². The van der Waals surface area contributed by atoms with Crippen molar-refractivity contribution < 1.29 is 0 Å². The molecule has 0 bridgehead atoms. The summed E-state index contributed by atoms with van der Waals surface area (Å²) in [5.74, 6) is 0.456. The lowest BCUT2D eigenvalue weighted by atomic mass is 10.4. The second-order valence-corrected chi connectivity index (χ2v) is 2.86. The summed E-state index contributed by atoms with van der Waals surface area (Å²) in [5, 5.41) is 21.8. The number of nitrogens with zero attached hydrogens (tertiary/aromatic N) is 8. The third-order valence-corrected chi connectivity index (χ3v) is 1.76. The van der Waals surface area contributed by atoms with Gasteiger partial charge in [0, 0.05) is 6.54 Å². The normalized spacial score (nSPS) is 10.7. The SMILES string of the molecule is Nc1nnn(CCCn2nnnc2N)n1. The van der Waals surface area contributed by atoms with Gasteiger partial charge in [0.15, 0.2) is 0 Å². The molecule has 0 amide bonds. The first-order chi connectivity index (χ1) is 7.25. The van der Waals surface area contributed by atoms with Gasteiger partial charge in [-0.15, -0.1) is 5.10 Å². The van der Waals surface area contributed by atoms with Gasteiger partial charge in [-0.3, -0.25) is 0 Å². The zero-order valence-electron chi connectivity index (χ0n) is 7.85. The lowest BCUT2D eigenvalue weighted by molar-refractivity contribution is 0.454. The molecule has 80 valence electrons. The minimum atomic E-state index is 0.164. The van der Waals surface area contributed by atoms with Gasteiger partial charge in [-0.05, 0) is 22.1 Å². The summed E-state index contributed by atoms with van der Waals surface area (Å²) in [6.45, 7) is 1.18. The fourth-order valence-corrected chi connectivity index (χ4v) is 1.08. The van der Waals surface area contributed by atoms with Crippen LogP contribution in [-0.2, 0) is 13.1 Å². The quantitative estimate of drug-likeness (QED) is 0.585. The van der Waals surface area contributed by atoms with Gasteiger partial charge in [0.05, 0.1) is 6.54 Å². The highest BCUT2D eigenvalue weighted by Crippen LogP contribution is 1.96.